The molecule has 0 aliphatic rings. The van der Waals surface area contributed by atoms with Crippen molar-refractivity contribution >= 4 is 0 Å². The van der Waals surface area contributed by atoms with Gasteiger partial charge in [0.25, 0.3) is 0 Å². The molecule has 0 atom stereocenters. The zero-order valence-electron chi connectivity index (χ0n) is 13.2. The van der Waals surface area contributed by atoms with E-state index in [1.54, 1.807) is 0 Å². The summed E-state index contributed by atoms with van der Waals surface area (Å²) in [7, 11) is 0. The summed E-state index contributed by atoms with van der Waals surface area (Å²) in [5.74, 6) is 0. The van der Waals surface area contributed by atoms with Gasteiger partial charge in [-0.1, -0.05) is 30.3 Å². The van der Waals surface area contributed by atoms with Gasteiger partial charge >= 0.3 is 0 Å². The molecule has 0 aliphatic carbocycles. The molecule has 0 aliphatic heterocycles. The molecule has 20 heavy (non-hydrogen) atoms. The number of nitrogens with one attached hydrogen (secondary N) is 1. The summed E-state index contributed by atoms with van der Waals surface area (Å²) >= 11 is 0. The summed E-state index contributed by atoms with van der Waals surface area (Å²) in [5, 5.41) is 8.23. The average Bonchev–Trinajstić information content (AvgIpc) is 2.63. The van der Waals surface area contributed by atoms with Crippen LogP contribution in [0, 0.1) is 13.8 Å². The van der Waals surface area contributed by atoms with Crippen LogP contribution in [-0.4, -0.2) is 15.3 Å². The maximum atomic E-state index is 4.68. The Bertz CT molecular complexity index is 562. The van der Waals surface area contributed by atoms with Gasteiger partial charge in [-0.3, -0.25) is 4.68 Å². The van der Waals surface area contributed by atoms with Gasteiger partial charge in [-0.15, -0.1) is 0 Å². The molecule has 2 rings (SSSR count). The van der Waals surface area contributed by atoms with E-state index < -0.39 is 0 Å². The Morgan fingerprint density at radius 1 is 1.10 bits per heavy atom. The molecule has 2 aromatic rings. The molecule has 0 fully saturated rings. The van der Waals surface area contributed by atoms with Crippen molar-refractivity contribution in [3.8, 4) is 0 Å². The van der Waals surface area contributed by atoms with E-state index in [1.807, 2.05) is 6.07 Å². The van der Waals surface area contributed by atoms with Crippen molar-refractivity contribution in [1.82, 2.24) is 15.1 Å². The molecule has 0 spiro atoms. The number of hydrogen-bond acceptors (Lipinski definition) is 2. The molecule has 0 bridgehead atoms. The van der Waals surface area contributed by atoms with Crippen LogP contribution in [0.1, 0.15) is 43.3 Å². The van der Waals surface area contributed by atoms with Crippen LogP contribution in [0.2, 0.25) is 0 Å². The Morgan fingerprint density at radius 3 is 2.35 bits per heavy atom. The third-order valence-corrected chi connectivity index (χ3v) is 3.50. The Labute approximate surface area is 122 Å². The first-order valence-corrected chi connectivity index (χ1v) is 7.18. The van der Waals surface area contributed by atoms with Gasteiger partial charge in [0, 0.05) is 23.3 Å². The van der Waals surface area contributed by atoms with Crippen molar-refractivity contribution in [2.24, 2.45) is 0 Å². The highest BCUT2D eigenvalue weighted by atomic mass is 15.3. The number of aromatic nitrogens is 2. The molecule has 1 heterocycles. The van der Waals surface area contributed by atoms with Crippen molar-refractivity contribution in [1.29, 1.82) is 0 Å². The normalized spacial score (nSPS) is 11.8. The van der Waals surface area contributed by atoms with E-state index in [2.05, 4.69) is 74.0 Å². The molecule has 0 unspecified atom stereocenters. The fourth-order valence-electron chi connectivity index (χ4n) is 2.25. The van der Waals surface area contributed by atoms with E-state index in [-0.39, 0.29) is 5.54 Å². The van der Waals surface area contributed by atoms with E-state index in [9.17, 15) is 0 Å². The van der Waals surface area contributed by atoms with Gasteiger partial charge < -0.3 is 5.32 Å². The van der Waals surface area contributed by atoms with Crippen molar-refractivity contribution in [2.75, 3.05) is 0 Å². The lowest BCUT2D eigenvalue weighted by Crippen LogP contribution is -2.35. The van der Waals surface area contributed by atoms with E-state index >= 15 is 0 Å². The Kier molecular flexibility index (Phi) is 4.29. The van der Waals surface area contributed by atoms with Crippen LogP contribution in [0.5, 0.6) is 0 Å². The fraction of sp³-hybridized carbons (Fsp3) is 0.471. The lowest BCUT2D eigenvalue weighted by atomic mass is 10.1. The first-order valence-electron chi connectivity index (χ1n) is 7.18. The van der Waals surface area contributed by atoms with Gasteiger partial charge in [0.15, 0.2) is 0 Å². The minimum Gasteiger partial charge on any atom is -0.308 e. The summed E-state index contributed by atoms with van der Waals surface area (Å²) < 4.78 is 2.10. The van der Waals surface area contributed by atoms with Gasteiger partial charge in [0.1, 0.15) is 0 Å². The molecule has 1 N–H and O–H groups in total. The largest absolute Gasteiger partial charge is 0.308 e. The molecule has 1 aromatic heterocycles. The van der Waals surface area contributed by atoms with Crippen LogP contribution in [0.3, 0.4) is 0 Å². The number of hydrogen-bond donors (Lipinski definition) is 1. The van der Waals surface area contributed by atoms with Crippen LogP contribution in [-0.2, 0) is 13.1 Å². The second-order valence-corrected chi connectivity index (χ2v) is 6.40. The van der Waals surface area contributed by atoms with Crippen LogP contribution < -0.4 is 5.32 Å². The van der Waals surface area contributed by atoms with Crippen molar-refractivity contribution in [2.45, 2.75) is 53.2 Å². The zero-order valence-corrected chi connectivity index (χ0v) is 13.2. The van der Waals surface area contributed by atoms with E-state index in [0.29, 0.717) is 0 Å². The molecular formula is C17H25N3. The molecule has 0 saturated heterocycles. The summed E-state index contributed by atoms with van der Waals surface area (Å²) in [6, 6.07) is 10.5. The van der Waals surface area contributed by atoms with Gasteiger partial charge in [0.2, 0.25) is 0 Å². The number of aryl methyl sites for hydroxylation is 1. The van der Waals surface area contributed by atoms with E-state index in [0.717, 1.165) is 18.8 Å². The number of rotatable bonds is 4. The van der Waals surface area contributed by atoms with E-state index in [4.69, 9.17) is 0 Å². The topological polar surface area (TPSA) is 29.9 Å². The second kappa shape index (κ2) is 5.80. The molecular weight excluding hydrogens is 246 g/mol. The third-order valence-electron chi connectivity index (χ3n) is 3.50. The monoisotopic (exact) mass is 271 g/mol. The van der Waals surface area contributed by atoms with E-state index in [1.165, 1.54) is 16.8 Å². The Balaban J connectivity index is 2.16. The molecule has 1 aromatic carbocycles. The number of nitrogens with zero attached hydrogens (tertiary/aromatic N) is 2. The fourth-order valence-corrected chi connectivity index (χ4v) is 2.25. The van der Waals surface area contributed by atoms with Gasteiger partial charge in [-0.05, 0) is 40.2 Å². The summed E-state index contributed by atoms with van der Waals surface area (Å²) in [6.07, 6.45) is 0. The molecule has 3 nitrogen and oxygen atoms in total. The Morgan fingerprint density at radius 2 is 1.75 bits per heavy atom. The van der Waals surface area contributed by atoms with Crippen molar-refractivity contribution < 1.29 is 0 Å². The summed E-state index contributed by atoms with van der Waals surface area (Å²) in [5.41, 5.74) is 5.10. The van der Waals surface area contributed by atoms with Gasteiger partial charge in [-0.2, -0.15) is 5.10 Å². The van der Waals surface area contributed by atoms with Crippen LogP contribution >= 0.6 is 0 Å². The van der Waals surface area contributed by atoms with Crippen molar-refractivity contribution in [3.05, 3.63) is 52.8 Å². The first-order chi connectivity index (χ1) is 9.37. The molecule has 3 heteroatoms. The molecule has 108 valence electrons. The van der Waals surface area contributed by atoms with Crippen LogP contribution in [0.15, 0.2) is 30.3 Å². The zero-order chi connectivity index (χ0) is 14.8. The quantitative estimate of drug-likeness (QED) is 0.923. The Hall–Kier alpha value is -1.61. The van der Waals surface area contributed by atoms with Gasteiger partial charge in [0.05, 0.1) is 12.2 Å². The maximum Gasteiger partial charge on any atom is 0.0662 e. The molecule has 0 radical (unpaired) electrons. The highest BCUT2D eigenvalue weighted by Gasteiger charge is 2.15. The first kappa shape index (κ1) is 14.8. The van der Waals surface area contributed by atoms with Gasteiger partial charge in [-0.25, -0.2) is 0 Å². The second-order valence-electron chi connectivity index (χ2n) is 6.40. The lowest BCUT2D eigenvalue weighted by molar-refractivity contribution is 0.423. The SMILES string of the molecule is Cc1nn(Cc2ccccc2)c(C)c1CNC(C)(C)C. The standard InChI is InChI=1S/C17H25N3/c1-13-16(11-18-17(3,4)5)14(2)20(19-13)12-15-9-7-6-8-10-15/h6-10,18H,11-12H2,1-5H3. The summed E-state index contributed by atoms with van der Waals surface area (Å²) in [4.78, 5) is 0. The highest BCUT2D eigenvalue weighted by Crippen LogP contribution is 2.15. The summed E-state index contributed by atoms with van der Waals surface area (Å²) in [6.45, 7) is 12.5. The molecule has 0 amide bonds. The third kappa shape index (κ3) is 3.70. The lowest BCUT2D eigenvalue weighted by Gasteiger charge is -2.20. The highest BCUT2D eigenvalue weighted by molar-refractivity contribution is 5.26. The minimum atomic E-state index is 0.125. The van der Waals surface area contributed by atoms with Crippen molar-refractivity contribution in [3.63, 3.8) is 0 Å². The van der Waals surface area contributed by atoms with Crippen LogP contribution in [0.25, 0.3) is 0 Å². The smallest absolute Gasteiger partial charge is 0.0662 e. The average molecular weight is 271 g/mol. The number of benzene rings is 1. The predicted molar refractivity (Wildman–Crippen MR) is 83.8 cm³/mol. The molecule has 0 saturated carbocycles. The minimum absolute atomic E-state index is 0.125. The maximum absolute atomic E-state index is 4.68. The predicted octanol–water partition coefficient (Wildman–Crippen LogP) is 3.44. The van der Waals surface area contributed by atoms with Crippen LogP contribution in [0.4, 0.5) is 0 Å².